The number of nitrogens with one attached hydrogen (secondary N) is 1. The number of aryl methyl sites for hydroxylation is 3. The summed E-state index contributed by atoms with van der Waals surface area (Å²) in [4.78, 5) is 3.45. The molecular formula is C19H33N. The quantitative estimate of drug-likeness (QED) is 0.565. The Bertz CT molecular complexity index is 478. The van der Waals surface area contributed by atoms with E-state index in [9.17, 15) is 0 Å². The highest BCUT2D eigenvalue weighted by atomic mass is 14.7. The van der Waals surface area contributed by atoms with E-state index in [1.165, 1.54) is 27.7 Å². The topological polar surface area (TPSA) is 15.8 Å². The Balaban J connectivity index is 0. The monoisotopic (exact) mass is 275 g/mol. The van der Waals surface area contributed by atoms with Gasteiger partial charge in [0, 0.05) is 16.6 Å². The minimum Gasteiger partial charge on any atom is -0.358 e. The van der Waals surface area contributed by atoms with Crippen molar-refractivity contribution in [3.63, 3.8) is 0 Å². The van der Waals surface area contributed by atoms with Crippen molar-refractivity contribution in [2.75, 3.05) is 0 Å². The van der Waals surface area contributed by atoms with E-state index in [0.29, 0.717) is 0 Å². The molecule has 1 aromatic heterocycles. The fraction of sp³-hybridized carbons (Fsp3) is 0.474. The maximum atomic E-state index is 3.45. The fourth-order valence-corrected chi connectivity index (χ4v) is 1.86. The third kappa shape index (κ3) is 6.10. The summed E-state index contributed by atoms with van der Waals surface area (Å²) in [5.41, 5.74) is 5.35. The smallest absolute Gasteiger partial charge is 0.0461 e. The zero-order valence-electron chi connectivity index (χ0n) is 14.7. The molecule has 114 valence electrons. The van der Waals surface area contributed by atoms with Crippen LogP contribution in [0.5, 0.6) is 0 Å². The number of aromatic nitrogens is 1. The zero-order chi connectivity index (χ0) is 16.1. The van der Waals surface area contributed by atoms with Crippen molar-refractivity contribution in [3.05, 3.63) is 47.7 Å². The van der Waals surface area contributed by atoms with Crippen LogP contribution in [-0.4, -0.2) is 4.98 Å². The Morgan fingerprint density at radius 3 is 2.05 bits per heavy atom. The normalized spacial score (nSPS) is 8.40. The van der Waals surface area contributed by atoms with E-state index in [4.69, 9.17) is 0 Å². The first kappa shape index (κ1) is 20.8. The average Bonchev–Trinajstić information content (AvgIpc) is 2.80. The fourth-order valence-electron chi connectivity index (χ4n) is 1.86. The molecule has 0 saturated carbocycles. The van der Waals surface area contributed by atoms with Crippen molar-refractivity contribution in [2.24, 2.45) is 0 Å². The molecule has 2 rings (SSSR count). The van der Waals surface area contributed by atoms with E-state index < -0.39 is 0 Å². The standard InChI is InChI=1S/C12H15N.C3H6.2C2H6/c1-4-11-9(3)10-6-5-8(2)7-12(10)13-11;1-3-2;2*1-2/h5-7,13H,4H2,1-3H3;3H,1H2,2H3;2*1-2H3. The first-order valence-corrected chi connectivity index (χ1v) is 7.78. The van der Waals surface area contributed by atoms with Crippen LogP contribution >= 0.6 is 0 Å². The number of hydrogen-bond acceptors (Lipinski definition) is 0. The lowest BCUT2D eigenvalue weighted by molar-refractivity contribution is 1.05. The highest BCUT2D eigenvalue weighted by Crippen LogP contribution is 2.22. The zero-order valence-corrected chi connectivity index (χ0v) is 14.7. The van der Waals surface area contributed by atoms with Gasteiger partial charge in [-0.1, -0.05) is 52.8 Å². The van der Waals surface area contributed by atoms with E-state index in [2.05, 4.69) is 50.5 Å². The van der Waals surface area contributed by atoms with Gasteiger partial charge >= 0.3 is 0 Å². The Morgan fingerprint density at radius 1 is 1.10 bits per heavy atom. The third-order valence-electron chi connectivity index (χ3n) is 2.67. The van der Waals surface area contributed by atoms with Gasteiger partial charge in [-0.3, -0.25) is 0 Å². The molecule has 0 atom stereocenters. The summed E-state index contributed by atoms with van der Waals surface area (Å²) in [6.45, 7) is 19.7. The van der Waals surface area contributed by atoms with Crippen LogP contribution in [0.25, 0.3) is 10.9 Å². The molecule has 0 aliphatic carbocycles. The van der Waals surface area contributed by atoms with Gasteiger partial charge in [-0.2, -0.15) is 0 Å². The molecular weight excluding hydrogens is 242 g/mol. The minimum atomic E-state index is 1.08. The third-order valence-corrected chi connectivity index (χ3v) is 2.67. The lowest BCUT2D eigenvalue weighted by Gasteiger charge is -1.93. The van der Waals surface area contributed by atoms with Crippen LogP contribution in [0, 0.1) is 13.8 Å². The number of rotatable bonds is 1. The molecule has 0 aliphatic rings. The van der Waals surface area contributed by atoms with Gasteiger partial charge in [-0.25, -0.2) is 0 Å². The predicted molar refractivity (Wildman–Crippen MR) is 95.7 cm³/mol. The van der Waals surface area contributed by atoms with E-state index in [-0.39, 0.29) is 0 Å². The Kier molecular flexibility index (Phi) is 13.0. The van der Waals surface area contributed by atoms with Gasteiger partial charge in [0.05, 0.1) is 0 Å². The summed E-state index contributed by atoms with van der Waals surface area (Å²) in [6, 6.07) is 6.58. The SMILES string of the molecule is C=CC.CC.CC.CCc1[nH]c2cc(C)ccc2c1C. The molecule has 1 heterocycles. The molecule has 0 spiro atoms. The van der Waals surface area contributed by atoms with Crippen molar-refractivity contribution < 1.29 is 0 Å². The Labute approximate surface area is 126 Å². The highest BCUT2D eigenvalue weighted by Gasteiger charge is 2.04. The van der Waals surface area contributed by atoms with Crippen LogP contribution in [0.15, 0.2) is 30.9 Å². The highest BCUT2D eigenvalue weighted by molar-refractivity contribution is 5.84. The lowest BCUT2D eigenvalue weighted by Crippen LogP contribution is -1.80. The predicted octanol–water partition coefficient (Wildman–Crippen LogP) is 6.59. The maximum Gasteiger partial charge on any atom is 0.0461 e. The number of fused-ring (bicyclic) bond motifs is 1. The van der Waals surface area contributed by atoms with E-state index in [1.54, 1.807) is 6.08 Å². The van der Waals surface area contributed by atoms with Gasteiger partial charge in [-0.05, 0) is 44.4 Å². The summed E-state index contributed by atoms with van der Waals surface area (Å²) in [5.74, 6) is 0. The van der Waals surface area contributed by atoms with Gasteiger partial charge in [0.15, 0.2) is 0 Å². The van der Waals surface area contributed by atoms with E-state index in [1.807, 2.05) is 34.6 Å². The van der Waals surface area contributed by atoms with Crippen LogP contribution < -0.4 is 0 Å². The lowest BCUT2D eigenvalue weighted by atomic mass is 10.1. The van der Waals surface area contributed by atoms with E-state index >= 15 is 0 Å². The molecule has 0 aliphatic heterocycles. The molecule has 1 heteroatoms. The number of benzene rings is 1. The minimum absolute atomic E-state index is 1.08. The first-order valence-electron chi connectivity index (χ1n) is 7.78. The summed E-state index contributed by atoms with van der Waals surface area (Å²) < 4.78 is 0. The molecule has 20 heavy (non-hydrogen) atoms. The van der Waals surface area contributed by atoms with Gasteiger partial charge in [0.1, 0.15) is 0 Å². The van der Waals surface area contributed by atoms with Crippen molar-refractivity contribution in [3.8, 4) is 0 Å². The average molecular weight is 275 g/mol. The second kappa shape index (κ2) is 12.5. The molecule has 0 fully saturated rings. The Morgan fingerprint density at radius 2 is 1.60 bits per heavy atom. The van der Waals surface area contributed by atoms with Crippen molar-refractivity contribution >= 4 is 10.9 Å². The molecule has 1 nitrogen and oxygen atoms in total. The van der Waals surface area contributed by atoms with Crippen molar-refractivity contribution in [1.29, 1.82) is 0 Å². The van der Waals surface area contributed by atoms with Crippen LogP contribution in [0.4, 0.5) is 0 Å². The maximum absolute atomic E-state index is 3.45. The summed E-state index contributed by atoms with van der Waals surface area (Å²) in [7, 11) is 0. The molecule has 0 bridgehead atoms. The largest absolute Gasteiger partial charge is 0.358 e. The molecule has 1 aromatic carbocycles. The molecule has 2 aromatic rings. The van der Waals surface area contributed by atoms with Crippen molar-refractivity contribution in [1.82, 2.24) is 4.98 Å². The summed E-state index contributed by atoms with van der Waals surface area (Å²) in [5, 5.41) is 1.36. The number of H-pyrrole nitrogens is 1. The first-order chi connectivity index (χ1) is 9.63. The summed E-state index contributed by atoms with van der Waals surface area (Å²) in [6.07, 6.45) is 2.83. The van der Waals surface area contributed by atoms with E-state index in [0.717, 1.165) is 6.42 Å². The van der Waals surface area contributed by atoms with Gasteiger partial charge in [0.2, 0.25) is 0 Å². The van der Waals surface area contributed by atoms with Crippen molar-refractivity contribution in [2.45, 2.75) is 61.8 Å². The van der Waals surface area contributed by atoms with Crippen LogP contribution in [0.3, 0.4) is 0 Å². The molecule has 0 saturated heterocycles. The number of aromatic amines is 1. The number of allylic oxidation sites excluding steroid dienone is 1. The Hall–Kier alpha value is -1.50. The molecule has 0 radical (unpaired) electrons. The summed E-state index contributed by atoms with van der Waals surface area (Å²) >= 11 is 0. The van der Waals surface area contributed by atoms with Gasteiger partial charge in [-0.15, -0.1) is 6.58 Å². The molecule has 0 amide bonds. The molecule has 0 unspecified atom stereocenters. The molecule has 1 N–H and O–H groups in total. The second-order valence-corrected chi connectivity index (χ2v) is 4.04. The van der Waals surface area contributed by atoms with Gasteiger partial charge in [0.25, 0.3) is 0 Å². The van der Waals surface area contributed by atoms with Gasteiger partial charge < -0.3 is 4.98 Å². The van der Waals surface area contributed by atoms with Crippen LogP contribution in [0.2, 0.25) is 0 Å². The van der Waals surface area contributed by atoms with Crippen LogP contribution in [0.1, 0.15) is 58.4 Å². The number of hydrogen-bond donors (Lipinski definition) is 1. The van der Waals surface area contributed by atoms with Crippen LogP contribution in [-0.2, 0) is 6.42 Å². The second-order valence-electron chi connectivity index (χ2n) is 4.04.